The summed E-state index contributed by atoms with van der Waals surface area (Å²) in [5, 5.41) is 4.08. The minimum absolute atomic E-state index is 0.110. The Labute approximate surface area is 117 Å². The molecule has 0 spiro atoms. The first-order valence-electron chi connectivity index (χ1n) is 6.24. The van der Waals surface area contributed by atoms with E-state index in [1.807, 2.05) is 11.8 Å². The second-order valence-corrected chi connectivity index (χ2v) is 6.28. The molecule has 98 valence electrons. The summed E-state index contributed by atoms with van der Waals surface area (Å²) in [5.41, 5.74) is 0.464. The smallest absolute Gasteiger partial charge is 0.254 e. The number of aromatic nitrogens is 1. The minimum atomic E-state index is -0.110. The number of thioether (sulfide) groups is 1. The molecule has 0 radical (unpaired) electrons. The number of carbonyl (C=O) groups is 1. The molecule has 1 aliphatic carbocycles. The van der Waals surface area contributed by atoms with Crippen molar-refractivity contribution in [1.29, 1.82) is 0 Å². The first-order chi connectivity index (χ1) is 8.72. The van der Waals surface area contributed by atoms with Gasteiger partial charge in [-0.05, 0) is 24.7 Å². The van der Waals surface area contributed by atoms with Crippen molar-refractivity contribution in [1.82, 2.24) is 10.3 Å². The number of nitrogens with zero attached hydrogens (tertiary/aromatic N) is 1. The van der Waals surface area contributed by atoms with E-state index in [0.717, 1.165) is 12.2 Å². The third kappa shape index (κ3) is 3.18. The van der Waals surface area contributed by atoms with Crippen molar-refractivity contribution in [3.05, 3.63) is 29.0 Å². The second kappa shape index (κ2) is 6.43. The van der Waals surface area contributed by atoms with Crippen molar-refractivity contribution in [3.63, 3.8) is 0 Å². The fraction of sp³-hybridized carbons (Fsp3) is 0.538. The van der Waals surface area contributed by atoms with Crippen LogP contribution in [0.25, 0.3) is 0 Å². The summed E-state index contributed by atoms with van der Waals surface area (Å²) in [4.78, 5) is 16.1. The number of hydrogen-bond donors (Lipinski definition) is 1. The molecular weight excluding hydrogens is 268 g/mol. The van der Waals surface area contributed by atoms with Crippen LogP contribution in [0.4, 0.5) is 0 Å². The monoisotopic (exact) mass is 284 g/mol. The standard InChI is InChI=1S/C13H17ClN2OS/c1-2-18-12-5-3-4-11(12)16-13(17)9-8-15-7-6-10(9)14/h6-8,11-12H,2-5H2,1H3,(H,16,17). The average molecular weight is 285 g/mol. The van der Waals surface area contributed by atoms with Crippen LogP contribution < -0.4 is 5.32 Å². The van der Waals surface area contributed by atoms with Gasteiger partial charge in [-0.15, -0.1) is 0 Å². The van der Waals surface area contributed by atoms with Gasteiger partial charge in [0.05, 0.1) is 10.6 Å². The van der Waals surface area contributed by atoms with Crippen LogP contribution in [0.5, 0.6) is 0 Å². The molecule has 0 aromatic carbocycles. The number of rotatable bonds is 4. The molecule has 3 nitrogen and oxygen atoms in total. The molecule has 1 heterocycles. The summed E-state index contributed by atoms with van der Waals surface area (Å²) >= 11 is 7.92. The zero-order valence-electron chi connectivity index (χ0n) is 10.4. The van der Waals surface area contributed by atoms with Gasteiger partial charge in [0.15, 0.2) is 0 Å². The Balaban J connectivity index is 2.01. The highest BCUT2D eigenvalue weighted by Gasteiger charge is 2.29. The first kappa shape index (κ1) is 13.7. The molecule has 1 saturated carbocycles. The number of nitrogens with one attached hydrogen (secondary N) is 1. The van der Waals surface area contributed by atoms with Crippen LogP contribution in [0.2, 0.25) is 5.02 Å². The Morgan fingerprint density at radius 1 is 1.61 bits per heavy atom. The lowest BCUT2D eigenvalue weighted by molar-refractivity contribution is 0.0938. The lowest BCUT2D eigenvalue weighted by atomic mass is 10.2. The van der Waals surface area contributed by atoms with E-state index >= 15 is 0 Å². The van der Waals surface area contributed by atoms with Crippen LogP contribution in [-0.4, -0.2) is 27.9 Å². The van der Waals surface area contributed by atoms with Crippen molar-refractivity contribution in [2.24, 2.45) is 0 Å². The van der Waals surface area contributed by atoms with Gasteiger partial charge in [-0.2, -0.15) is 11.8 Å². The van der Waals surface area contributed by atoms with E-state index in [-0.39, 0.29) is 11.9 Å². The molecular formula is C13H17ClN2OS. The van der Waals surface area contributed by atoms with Gasteiger partial charge in [-0.3, -0.25) is 9.78 Å². The molecule has 0 bridgehead atoms. The van der Waals surface area contributed by atoms with Gasteiger partial charge in [-0.25, -0.2) is 0 Å². The maximum Gasteiger partial charge on any atom is 0.254 e. The molecule has 2 rings (SSSR count). The van der Waals surface area contributed by atoms with E-state index < -0.39 is 0 Å². The van der Waals surface area contributed by atoms with Crippen LogP contribution in [-0.2, 0) is 0 Å². The van der Waals surface area contributed by atoms with Gasteiger partial charge in [0.1, 0.15) is 0 Å². The lowest BCUT2D eigenvalue weighted by Crippen LogP contribution is -2.38. The summed E-state index contributed by atoms with van der Waals surface area (Å²) in [6.45, 7) is 2.15. The average Bonchev–Trinajstić information content (AvgIpc) is 2.78. The van der Waals surface area contributed by atoms with Gasteiger partial charge < -0.3 is 5.32 Å². The molecule has 2 unspecified atom stereocenters. The third-order valence-electron chi connectivity index (χ3n) is 3.16. The van der Waals surface area contributed by atoms with Crippen LogP contribution in [0, 0.1) is 0 Å². The number of amides is 1. The molecule has 1 amide bonds. The van der Waals surface area contributed by atoms with Gasteiger partial charge in [0.25, 0.3) is 5.91 Å². The van der Waals surface area contributed by atoms with E-state index in [4.69, 9.17) is 11.6 Å². The SMILES string of the molecule is CCSC1CCCC1NC(=O)c1cnccc1Cl. The molecule has 0 aliphatic heterocycles. The van der Waals surface area contributed by atoms with Crippen LogP contribution in [0.3, 0.4) is 0 Å². The number of carbonyl (C=O) groups excluding carboxylic acids is 1. The summed E-state index contributed by atoms with van der Waals surface area (Å²) < 4.78 is 0. The Bertz CT molecular complexity index is 427. The highest BCUT2D eigenvalue weighted by molar-refractivity contribution is 7.99. The summed E-state index contributed by atoms with van der Waals surface area (Å²) in [7, 11) is 0. The van der Waals surface area contributed by atoms with Gasteiger partial charge in [0.2, 0.25) is 0 Å². The van der Waals surface area contributed by atoms with Crippen molar-refractivity contribution in [2.75, 3.05) is 5.75 Å². The number of halogens is 1. The Hall–Kier alpha value is -0.740. The van der Waals surface area contributed by atoms with Crippen LogP contribution in [0.15, 0.2) is 18.5 Å². The number of hydrogen-bond acceptors (Lipinski definition) is 3. The molecule has 18 heavy (non-hydrogen) atoms. The Kier molecular flexibility index (Phi) is 4.89. The van der Waals surface area contributed by atoms with Crippen molar-refractivity contribution >= 4 is 29.3 Å². The largest absolute Gasteiger partial charge is 0.348 e. The van der Waals surface area contributed by atoms with Gasteiger partial charge in [-0.1, -0.05) is 24.9 Å². The highest BCUT2D eigenvalue weighted by atomic mass is 35.5. The zero-order valence-corrected chi connectivity index (χ0v) is 11.9. The fourth-order valence-electron chi connectivity index (χ4n) is 2.30. The molecule has 0 saturated heterocycles. The van der Waals surface area contributed by atoms with E-state index in [1.165, 1.54) is 19.0 Å². The topological polar surface area (TPSA) is 42.0 Å². The van der Waals surface area contributed by atoms with E-state index in [0.29, 0.717) is 15.8 Å². The van der Waals surface area contributed by atoms with E-state index in [2.05, 4.69) is 17.2 Å². The fourth-order valence-corrected chi connectivity index (χ4v) is 3.68. The summed E-state index contributed by atoms with van der Waals surface area (Å²) in [6, 6.07) is 1.90. The maximum absolute atomic E-state index is 12.1. The molecule has 1 aromatic heterocycles. The van der Waals surface area contributed by atoms with E-state index in [1.54, 1.807) is 12.3 Å². The minimum Gasteiger partial charge on any atom is -0.348 e. The Morgan fingerprint density at radius 3 is 3.17 bits per heavy atom. The predicted octanol–water partition coefficient (Wildman–Crippen LogP) is 3.14. The highest BCUT2D eigenvalue weighted by Crippen LogP contribution is 2.30. The summed E-state index contributed by atoms with van der Waals surface area (Å²) in [5.74, 6) is 0.978. The van der Waals surface area contributed by atoms with Crippen molar-refractivity contribution in [3.8, 4) is 0 Å². The number of pyridine rings is 1. The predicted molar refractivity (Wildman–Crippen MR) is 76.3 cm³/mol. The second-order valence-electron chi connectivity index (χ2n) is 4.36. The van der Waals surface area contributed by atoms with Crippen LogP contribution in [0.1, 0.15) is 36.5 Å². The molecule has 2 atom stereocenters. The van der Waals surface area contributed by atoms with Gasteiger partial charge in [0, 0.05) is 23.7 Å². The quantitative estimate of drug-likeness (QED) is 0.924. The molecule has 5 heteroatoms. The normalized spacial score (nSPS) is 23.0. The first-order valence-corrected chi connectivity index (χ1v) is 7.67. The maximum atomic E-state index is 12.1. The molecule has 1 fully saturated rings. The molecule has 1 N–H and O–H groups in total. The van der Waals surface area contributed by atoms with Crippen molar-refractivity contribution < 1.29 is 4.79 Å². The lowest BCUT2D eigenvalue weighted by Gasteiger charge is -2.20. The molecule has 1 aromatic rings. The van der Waals surface area contributed by atoms with E-state index in [9.17, 15) is 4.79 Å². The molecule has 1 aliphatic rings. The van der Waals surface area contributed by atoms with Crippen LogP contribution >= 0.6 is 23.4 Å². The summed E-state index contributed by atoms with van der Waals surface area (Å²) in [6.07, 6.45) is 6.54. The Morgan fingerprint density at radius 2 is 2.44 bits per heavy atom. The third-order valence-corrected chi connectivity index (χ3v) is 4.82. The zero-order chi connectivity index (χ0) is 13.0. The van der Waals surface area contributed by atoms with Gasteiger partial charge >= 0.3 is 0 Å². The van der Waals surface area contributed by atoms with Crippen molar-refractivity contribution in [2.45, 2.75) is 37.5 Å².